The number of pyridine rings is 1. The van der Waals surface area contributed by atoms with Crippen LogP contribution >= 0.6 is 0 Å². The maximum Gasteiger partial charge on any atom is 0.271 e. The molecule has 0 aliphatic heterocycles. The number of hydrogen-bond acceptors (Lipinski definition) is 7. The minimum absolute atomic E-state index is 0.0684. The second kappa shape index (κ2) is 7.29. The summed E-state index contributed by atoms with van der Waals surface area (Å²) in [6, 6.07) is 5.19. The Morgan fingerprint density at radius 1 is 1.50 bits per heavy atom. The van der Waals surface area contributed by atoms with Crippen LogP contribution in [0.2, 0.25) is 0 Å². The largest absolute Gasteiger partial charge is 0.505 e. The van der Waals surface area contributed by atoms with Gasteiger partial charge in [0, 0.05) is 35.0 Å². The Hall–Kier alpha value is -3.33. The van der Waals surface area contributed by atoms with E-state index in [9.17, 15) is 25.1 Å². The molecule has 1 heterocycles. The molecule has 0 aliphatic rings. The first-order valence-electron chi connectivity index (χ1n) is 6.80. The number of nitrogens with one attached hydrogen (secondary N) is 1. The molecule has 0 radical (unpaired) electrons. The van der Waals surface area contributed by atoms with Crippen LogP contribution < -0.4 is 5.43 Å². The van der Waals surface area contributed by atoms with Gasteiger partial charge in [0.25, 0.3) is 11.6 Å². The number of hydrazone groups is 1. The van der Waals surface area contributed by atoms with E-state index in [2.05, 4.69) is 15.5 Å². The molecular weight excluding hydrogens is 316 g/mol. The third-order valence-corrected chi connectivity index (χ3v) is 3.21. The molecule has 0 unspecified atom stereocenters. The van der Waals surface area contributed by atoms with Crippen LogP contribution in [0.1, 0.15) is 27.2 Å². The smallest absolute Gasteiger partial charge is 0.271 e. The monoisotopic (exact) mass is 330 g/mol. The summed E-state index contributed by atoms with van der Waals surface area (Å²) in [5.74, 6) is -0.805. The standard InChI is InChI=1S/C15H14N4O5/c1-9-14(21)13(11(8-20)6-16-9)7-17-18-15(22)10-3-2-4-12(5-10)19(23)24/h2-7,20-21H,8H2,1H3,(H,18,22)/b17-7+. The van der Waals surface area contributed by atoms with Crippen LogP contribution in [0.5, 0.6) is 5.75 Å². The molecule has 1 aromatic carbocycles. The van der Waals surface area contributed by atoms with Gasteiger partial charge >= 0.3 is 0 Å². The quantitative estimate of drug-likeness (QED) is 0.428. The molecule has 1 aromatic heterocycles. The van der Waals surface area contributed by atoms with Crippen LogP contribution in [-0.4, -0.2) is 32.2 Å². The number of nitro benzene ring substituents is 1. The number of aliphatic hydroxyl groups excluding tert-OH is 1. The second-order valence-corrected chi connectivity index (χ2v) is 4.80. The molecule has 2 aromatic rings. The average Bonchev–Trinajstić information content (AvgIpc) is 2.58. The number of nitro groups is 1. The summed E-state index contributed by atoms with van der Waals surface area (Å²) >= 11 is 0. The molecule has 124 valence electrons. The molecule has 24 heavy (non-hydrogen) atoms. The zero-order valence-electron chi connectivity index (χ0n) is 12.6. The normalized spacial score (nSPS) is 10.8. The van der Waals surface area contributed by atoms with Crippen LogP contribution in [0.15, 0.2) is 35.6 Å². The van der Waals surface area contributed by atoms with Gasteiger partial charge in [0.1, 0.15) is 5.75 Å². The first-order chi connectivity index (χ1) is 11.4. The Morgan fingerprint density at radius 2 is 2.25 bits per heavy atom. The zero-order valence-corrected chi connectivity index (χ0v) is 12.6. The number of aliphatic hydroxyl groups is 1. The number of non-ortho nitro benzene ring substituents is 1. The van der Waals surface area contributed by atoms with Gasteiger partial charge in [0.05, 0.1) is 23.4 Å². The predicted octanol–water partition coefficient (Wildman–Crippen LogP) is 1.26. The van der Waals surface area contributed by atoms with Crippen LogP contribution in [0, 0.1) is 17.0 Å². The zero-order chi connectivity index (χ0) is 17.7. The lowest BCUT2D eigenvalue weighted by Crippen LogP contribution is -2.17. The number of aromatic nitrogens is 1. The number of hydrogen-bond donors (Lipinski definition) is 3. The highest BCUT2D eigenvalue weighted by Crippen LogP contribution is 2.21. The molecule has 9 nitrogen and oxygen atoms in total. The van der Waals surface area contributed by atoms with Crippen LogP contribution in [0.25, 0.3) is 0 Å². The first-order valence-corrected chi connectivity index (χ1v) is 6.80. The second-order valence-electron chi connectivity index (χ2n) is 4.80. The number of amides is 1. The van der Waals surface area contributed by atoms with E-state index in [0.29, 0.717) is 11.3 Å². The third-order valence-electron chi connectivity index (χ3n) is 3.21. The van der Waals surface area contributed by atoms with E-state index in [1.165, 1.54) is 30.6 Å². The summed E-state index contributed by atoms with van der Waals surface area (Å²) < 4.78 is 0. The van der Waals surface area contributed by atoms with Gasteiger partial charge in [-0.1, -0.05) is 6.07 Å². The highest BCUT2D eigenvalue weighted by molar-refractivity contribution is 5.95. The molecule has 0 aliphatic carbocycles. The average molecular weight is 330 g/mol. The molecule has 1 amide bonds. The number of nitrogens with zero attached hydrogens (tertiary/aromatic N) is 3. The van der Waals surface area contributed by atoms with Crippen LogP contribution in [0.4, 0.5) is 5.69 Å². The molecule has 0 atom stereocenters. The molecule has 0 saturated heterocycles. The Bertz CT molecular complexity index is 820. The van der Waals surface area contributed by atoms with Crippen LogP contribution in [-0.2, 0) is 6.61 Å². The van der Waals surface area contributed by atoms with E-state index >= 15 is 0 Å². The Balaban J connectivity index is 2.18. The number of aromatic hydroxyl groups is 1. The van der Waals surface area contributed by atoms with E-state index in [4.69, 9.17) is 0 Å². The summed E-state index contributed by atoms with van der Waals surface area (Å²) in [6.45, 7) is 1.22. The SMILES string of the molecule is Cc1ncc(CO)c(/C=N/NC(=O)c2cccc([N+](=O)[O-])c2)c1O. The summed E-state index contributed by atoms with van der Waals surface area (Å²) in [5.41, 5.74) is 2.97. The van der Waals surface area contributed by atoms with Crippen molar-refractivity contribution in [1.29, 1.82) is 0 Å². The predicted molar refractivity (Wildman–Crippen MR) is 84.7 cm³/mol. The maximum absolute atomic E-state index is 11.9. The van der Waals surface area contributed by atoms with Crippen molar-refractivity contribution in [3.8, 4) is 5.75 Å². The van der Waals surface area contributed by atoms with Crippen molar-refractivity contribution < 1.29 is 19.9 Å². The molecular formula is C15H14N4O5. The van der Waals surface area contributed by atoms with Gasteiger partial charge in [-0.25, -0.2) is 5.43 Å². The third kappa shape index (κ3) is 3.70. The number of aryl methyl sites for hydroxylation is 1. The summed E-state index contributed by atoms with van der Waals surface area (Å²) in [4.78, 5) is 25.9. The molecule has 9 heteroatoms. The Kier molecular flexibility index (Phi) is 5.17. The molecule has 0 saturated carbocycles. The van der Waals surface area contributed by atoms with E-state index in [1.807, 2.05) is 0 Å². The van der Waals surface area contributed by atoms with E-state index in [-0.39, 0.29) is 29.2 Å². The highest BCUT2D eigenvalue weighted by atomic mass is 16.6. The van der Waals surface area contributed by atoms with Crippen molar-refractivity contribution in [3.05, 3.63) is 63.0 Å². The Labute approximate surface area is 136 Å². The fourth-order valence-corrected chi connectivity index (χ4v) is 1.90. The molecule has 0 spiro atoms. The summed E-state index contributed by atoms with van der Waals surface area (Å²) in [7, 11) is 0. The minimum atomic E-state index is -0.647. The Morgan fingerprint density at radius 3 is 2.92 bits per heavy atom. The lowest BCUT2D eigenvalue weighted by Gasteiger charge is -2.07. The molecule has 2 rings (SSSR count). The molecule has 0 bridgehead atoms. The minimum Gasteiger partial charge on any atom is -0.505 e. The van der Waals surface area contributed by atoms with Gasteiger partial charge in [-0.15, -0.1) is 0 Å². The topological polar surface area (TPSA) is 138 Å². The van der Waals surface area contributed by atoms with Gasteiger partial charge in [-0.3, -0.25) is 19.9 Å². The lowest BCUT2D eigenvalue weighted by molar-refractivity contribution is -0.384. The van der Waals surface area contributed by atoms with Crippen molar-refractivity contribution in [2.45, 2.75) is 13.5 Å². The van der Waals surface area contributed by atoms with Gasteiger partial charge < -0.3 is 10.2 Å². The van der Waals surface area contributed by atoms with E-state index < -0.39 is 10.8 Å². The lowest BCUT2D eigenvalue weighted by atomic mass is 10.1. The summed E-state index contributed by atoms with van der Waals surface area (Å²) in [6.07, 6.45) is 2.56. The van der Waals surface area contributed by atoms with Crippen molar-refractivity contribution >= 4 is 17.8 Å². The fourth-order valence-electron chi connectivity index (χ4n) is 1.90. The highest BCUT2D eigenvalue weighted by Gasteiger charge is 2.12. The molecule has 3 N–H and O–H groups in total. The van der Waals surface area contributed by atoms with Gasteiger partial charge in [0.15, 0.2) is 0 Å². The summed E-state index contributed by atoms with van der Waals surface area (Å²) in [5, 5.41) is 33.6. The van der Waals surface area contributed by atoms with Crippen molar-refractivity contribution in [2.75, 3.05) is 0 Å². The van der Waals surface area contributed by atoms with Crippen LogP contribution in [0.3, 0.4) is 0 Å². The number of carbonyl (C=O) groups excluding carboxylic acids is 1. The fraction of sp³-hybridized carbons (Fsp3) is 0.133. The number of carbonyl (C=O) groups is 1. The van der Waals surface area contributed by atoms with Gasteiger partial charge in [-0.2, -0.15) is 5.10 Å². The van der Waals surface area contributed by atoms with E-state index in [1.54, 1.807) is 6.92 Å². The maximum atomic E-state index is 11.9. The van der Waals surface area contributed by atoms with Crippen molar-refractivity contribution in [1.82, 2.24) is 10.4 Å². The van der Waals surface area contributed by atoms with Crippen molar-refractivity contribution in [2.24, 2.45) is 5.10 Å². The number of rotatable bonds is 5. The molecule has 0 fully saturated rings. The van der Waals surface area contributed by atoms with Gasteiger partial charge in [0.2, 0.25) is 0 Å². The van der Waals surface area contributed by atoms with Gasteiger partial charge in [-0.05, 0) is 13.0 Å². The van der Waals surface area contributed by atoms with Crippen molar-refractivity contribution in [3.63, 3.8) is 0 Å². The number of benzene rings is 1. The first kappa shape index (κ1) is 17.0. The van der Waals surface area contributed by atoms with E-state index in [0.717, 1.165) is 6.07 Å².